The molecule has 4 N–H and O–H groups in total. The van der Waals surface area contributed by atoms with Gasteiger partial charge in [-0.3, -0.25) is 10.1 Å². The standard InChI is InChI=1S/C18H28N8O2.HI/c1-18(2,3)28-17(27)25-7-8-26-12(11-25)10-22-16(26)21-6-4-5-14-13(9-19)15(20)24-23-14;/h12H,4-8,10-11H2,1-3H3,(H,21,22)(H3,20,23,24);1H. The van der Waals surface area contributed by atoms with E-state index in [-0.39, 0.29) is 41.9 Å². The average Bonchev–Trinajstić information content (AvgIpc) is 3.19. The van der Waals surface area contributed by atoms with Gasteiger partial charge in [-0.2, -0.15) is 10.4 Å². The summed E-state index contributed by atoms with van der Waals surface area (Å²) in [6.07, 6.45) is 1.24. The molecule has 1 aromatic heterocycles. The lowest BCUT2D eigenvalue weighted by atomic mass is 10.1. The minimum absolute atomic E-state index is 0. The first-order valence-electron chi connectivity index (χ1n) is 9.54. The van der Waals surface area contributed by atoms with E-state index < -0.39 is 5.60 Å². The van der Waals surface area contributed by atoms with Gasteiger partial charge in [-0.25, -0.2) is 4.79 Å². The summed E-state index contributed by atoms with van der Waals surface area (Å²) in [6.45, 7) is 8.97. The second-order valence-corrected chi connectivity index (χ2v) is 8.04. The zero-order valence-corrected chi connectivity index (χ0v) is 19.4. The molecule has 1 fully saturated rings. The van der Waals surface area contributed by atoms with Crippen LogP contribution in [-0.2, 0) is 11.2 Å². The molecule has 160 valence electrons. The molecule has 1 atom stereocenters. The number of nitriles is 1. The van der Waals surface area contributed by atoms with Crippen LogP contribution in [0.15, 0.2) is 4.99 Å². The van der Waals surface area contributed by atoms with E-state index in [2.05, 4.69) is 31.5 Å². The molecule has 29 heavy (non-hydrogen) atoms. The fraction of sp³-hybridized carbons (Fsp3) is 0.667. The summed E-state index contributed by atoms with van der Waals surface area (Å²) >= 11 is 0. The van der Waals surface area contributed by atoms with Gasteiger partial charge in [-0.15, -0.1) is 24.0 Å². The van der Waals surface area contributed by atoms with Crippen LogP contribution in [0.4, 0.5) is 10.6 Å². The summed E-state index contributed by atoms with van der Waals surface area (Å²) in [5.41, 5.74) is 6.35. The fourth-order valence-corrected chi connectivity index (χ4v) is 3.39. The molecule has 10 nitrogen and oxygen atoms in total. The number of nitrogens with one attached hydrogen (secondary N) is 2. The summed E-state index contributed by atoms with van der Waals surface area (Å²) in [5, 5.41) is 19.2. The van der Waals surface area contributed by atoms with E-state index in [1.54, 1.807) is 4.90 Å². The quantitative estimate of drug-likeness (QED) is 0.406. The van der Waals surface area contributed by atoms with Gasteiger partial charge < -0.3 is 25.6 Å². The number of anilines is 1. The van der Waals surface area contributed by atoms with E-state index in [4.69, 9.17) is 15.7 Å². The number of aromatic nitrogens is 2. The van der Waals surface area contributed by atoms with Gasteiger partial charge >= 0.3 is 6.09 Å². The number of nitrogens with zero attached hydrogens (tertiary/aromatic N) is 5. The molecular weight excluding hydrogens is 487 g/mol. The maximum absolute atomic E-state index is 12.3. The van der Waals surface area contributed by atoms with E-state index in [9.17, 15) is 4.79 Å². The first kappa shape index (κ1) is 23.1. The second-order valence-electron chi connectivity index (χ2n) is 8.04. The Hall–Kier alpha value is -2.23. The third-order valence-electron chi connectivity index (χ3n) is 4.73. The lowest BCUT2D eigenvalue weighted by Crippen LogP contribution is -2.57. The van der Waals surface area contributed by atoms with Crippen molar-refractivity contribution in [3.05, 3.63) is 11.3 Å². The molecule has 0 radical (unpaired) electrons. The predicted octanol–water partition coefficient (Wildman–Crippen LogP) is 1.29. The molecule has 0 spiro atoms. The van der Waals surface area contributed by atoms with Gasteiger partial charge in [-0.05, 0) is 33.6 Å². The van der Waals surface area contributed by atoms with Crippen LogP contribution in [-0.4, -0.2) is 76.4 Å². The first-order chi connectivity index (χ1) is 13.3. The molecule has 11 heteroatoms. The number of aryl methyl sites for hydroxylation is 1. The zero-order valence-electron chi connectivity index (χ0n) is 17.1. The fourth-order valence-electron chi connectivity index (χ4n) is 3.39. The smallest absolute Gasteiger partial charge is 0.410 e. The zero-order chi connectivity index (χ0) is 20.3. The van der Waals surface area contributed by atoms with Gasteiger partial charge in [0, 0.05) is 26.2 Å². The van der Waals surface area contributed by atoms with Crippen molar-refractivity contribution in [2.75, 3.05) is 38.5 Å². The van der Waals surface area contributed by atoms with Crippen LogP contribution in [0, 0.1) is 11.3 Å². The van der Waals surface area contributed by atoms with Crippen LogP contribution in [0.25, 0.3) is 0 Å². The van der Waals surface area contributed by atoms with Crippen LogP contribution in [0.3, 0.4) is 0 Å². The van der Waals surface area contributed by atoms with Gasteiger partial charge in [0.05, 0.1) is 18.3 Å². The van der Waals surface area contributed by atoms with E-state index in [1.165, 1.54) is 0 Å². The number of fused-ring (bicyclic) bond motifs is 1. The monoisotopic (exact) mass is 516 g/mol. The number of aromatic amines is 1. The van der Waals surface area contributed by atoms with E-state index in [0.29, 0.717) is 31.6 Å². The van der Waals surface area contributed by atoms with Gasteiger partial charge in [0.15, 0.2) is 11.8 Å². The number of nitrogens with two attached hydrogens (primary N) is 1. The number of guanidine groups is 1. The predicted molar refractivity (Wildman–Crippen MR) is 120 cm³/mol. The molecule has 3 heterocycles. The molecule has 1 aromatic rings. The number of amides is 1. The minimum atomic E-state index is -0.488. The third kappa shape index (κ3) is 5.65. The van der Waals surface area contributed by atoms with Gasteiger partial charge in [0.1, 0.15) is 17.2 Å². The lowest BCUT2D eigenvalue weighted by molar-refractivity contribution is 0.0137. The van der Waals surface area contributed by atoms with E-state index in [0.717, 1.165) is 31.2 Å². The molecule has 0 saturated carbocycles. The highest BCUT2D eigenvalue weighted by Gasteiger charge is 2.36. The Kier molecular flexibility index (Phi) is 7.56. The molecule has 2 aliphatic rings. The highest BCUT2D eigenvalue weighted by molar-refractivity contribution is 14.0. The van der Waals surface area contributed by atoms with Gasteiger partial charge in [-0.1, -0.05) is 0 Å². The number of piperazine rings is 1. The number of halogens is 1. The Morgan fingerprint density at radius 1 is 1.45 bits per heavy atom. The number of H-pyrrole nitrogens is 1. The number of hydrogen-bond donors (Lipinski definition) is 3. The minimum Gasteiger partial charge on any atom is -0.444 e. The van der Waals surface area contributed by atoms with Crippen molar-refractivity contribution in [1.82, 2.24) is 25.3 Å². The van der Waals surface area contributed by atoms with E-state index in [1.807, 2.05) is 20.8 Å². The van der Waals surface area contributed by atoms with Crippen LogP contribution in [0.5, 0.6) is 0 Å². The largest absolute Gasteiger partial charge is 0.444 e. The Balaban J connectivity index is 0.00000300. The number of carbonyl (C=O) groups excluding carboxylic acids is 1. The third-order valence-corrected chi connectivity index (χ3v) is 4.73. The summed E-state index contributed by atoms with van der Waals surface area (Å²) in [4.78, 5) is 20.8. The molecule has 1 saturated heterocycles. The number of rotatable bonds is 4. The summed E-state index contributed by atoms with van der Waals surface area (Å²) in [7, 11) is 0. The van der Waals surface area contributed by atoms with Gasteiger partial charge in [0.2, 0.25) is 0 Å². The van der Waals surface area contributed by atoms with Crippen molar-refractivity contribution in [2.45, 2.75) is 45.3 Å². The molecule has 3 rings (SSSR count). The highest BCUT2D eigenvalue weighted by atomic mass is 127. The first-order valence-corrected chi connectivity index (χ1v) is 9.54. The lowest BCUT2D eigenvalue weighted by Gasteiger charge is -2.39. The van der Waals surface area contributed by atoms with Crippen LogP contribution in [0.2, 0.25) is 0 Å². The van der Waals surface area contributed by atoms with E-state index >= 15 is 0 Å². The molecule has 0 bridgehead atoms. The molecular formula is C18H29IN8O2. The Morgan fingerprint density at radius 2 is 2.21 bits per heavy atom. The van der Waals surface area contributed by atoms with Crippen molar-refractivity contribution >= 4 is 41.8 Å². The number of nitrogen functional groups attached to an aromatic ring is 1. The van der Waals surface area contributed by atoms with Crippen molar-refractivity contribution in [1.29, 1.82) is 5.26 Å². The molecule has 1 amide bonds. The molecule has 2 aliphatic heterocycles. The highest BCUT2D eigenvalue weighted by Crippen LogP contribution is 2.19. The van der Waals surface area contributed by atoms with Crippen molar-refractivity contribution in [3.8, 4) is 6.07 Å². The van der Waals surface area contributed by atoms with Crippen LogP contribution < -0.4 is 11.1 Å². The summed E-state index contributed by atoms with van der Waals surface area (Å²) < 4.78 is 5.47. The van der Waals surface area contributed by atoms with Crippen LogP contribution in [0.1, 0.15) is 38.4 Å². The SMILES string of the molecule is CC(C)(C)OC(=O)N1CCN2C(NCCCc3[nH]nc(N)c3C#N)=NCC2C1.I. The Morgan fingerprint density at radius 3 is 2.90 bits per heavy atom. The molecule has 1 unspecified atom stereocenters. The maximum Gasteiger partial charge on any atom is 0.410 e. The van der Waals surface area contributed by atoms with Crippen molar-refractivity contribution in [3.63, 3.8) is 0 Å². The second kappa shape index (κ2) is 9.51. The van der Waals surface area contributed by atoms with Gasteiger partial charge in [0.25, 0.3) is 0 Å². The molecule has 0 aromatic carbocycles. The normalized spacial score (nSPS) is 18.4. The van der Waals surface area contributed by atoms with Crippen LogP contribution >= 0.6 is 24.0 Å². The van der Waals surface area contributed by atoms with Crippen molar-refractivity contribution in [2.24, 2.45) is 4.99 Å². The Bertz CT molecular complexity index is 795. The number of aliphatic imine (C=N–C) groups is 1. The average molecular weight is 516 g/mol. The summed E-state index contributed by atoms with van der Waals surface area (Å²) in [5.74, 6) is 1.12. The maximum atomic E-state index is 12.3. The number of carbonyl (C=O) groups is 1. The number of ether oxygens (including phenoxy) is 1. The summed E-state index contributed by atoms with van der Waals surface area (Å²) in [6, 6.07) is 2.26. The topological polar surface area (TPSA) is 136 Å². The number of hydrogen-bond acceptors (Lipinski definition) is 8. The Labute approximate surface area is 187 Å². The van der Waals surface area contributed by atoms with Crippen molar-refractivity contribution < 1.29 is 9.53 Å². The molecule has 0 aliphatic carbocycles.